The molecule has 6 nitrogen and oxygen atoms in total. The van der Waals surface area contributed by atoms with E-state index in [-0.39, 0.29) is 5.91 Å². The summed E-state index contributed by atoms with van der Waals surface area (Å²) in [7, 11) is 3.14. The molecule has 6 heteroatoms. The zero-order valence-corrected chi connectivity index (χ0v) is 13.3. The van der Waals surface area contributed by atoms with Gasteiger partial charge in [0.15, 0.2) is 0 Å². The van der Waals surface area contributed by atoms with Crippen LogP contribution >= 0.6 is 0 Å². The number of H-pyrrole nitrogens is 1. The van der Waals surface area contributed by atoms with Gasteiger partial charge in [0.25, 0.3) is 0 Å². The Balaban J connectivity index is 2.00. The number of nitrogens with one attached hydrogen (secondary N) is 2. The summed E-state index contributed by atoms with van der Waals surface area (Å²) in [6, 6.07) is 5.28. The molecule has 1 amide bonds. The van der Waals surface area contributed by atoms with Gasteiger partial charge in [-0.1, -0.05) is 0 Å². The van der Waals surface area contributed by atoms with Crippen molar-refractivity contribution in [1.29, 1.82) is 0 Å². The van der Waals surface area contributed by atoms with E-state index in [1.807, 2.05) is 13.8 Å². The quantitative estimate of drug-likeness (QED) is 0.860. The van der Waals surface area contributed by atoms with Crippen molar-refractivity contribution in [2.45, 2.75) is 26.7 Å². The molecule has 0 bridgehead atoms. The molecule has 0 aliphatic heterocycles. The third-order valence-corrected chi connectivity index (χ3v) is 3.57. The van der Waals surface area contributed by atoms with Gasteiger partial charge in [0.2, 0.25) is 5.91 Å². The maximum atomic E-state index is 12.1. The number of aromatic nitrogens is 2. The van der Waals surface area contributed by atoms with Gasteiger partial charge in [0.1, 0.15) is 11.5 Å². The molecule has 0 unspecified atom stereocenters. The Hall–Kier alpha value is -2.50. The van der Waals surface area contributed by atoms with E-state index in [0.29, 0.717) is 30.0 Å². The van der Waals surface area contributed by atoms with Gasteiger partial charge in [-0.15, -0.1) is 0 Å². The number of nitrogens with zero attached hydrogens (tertiary/aromatic N) is 1. The minimum atomic E-state index is -0.0662. The number of carbonyl (C=O) groups is 1. The van der Waals surface area contributed by atoms with Gasteiger partial charge in [-0.25, -0.2) is 0 Å². The maximum absolute atomic E-state index is 12.1. The van der Waals surface area contributed by atoms with E-state index in [9.17, 15) is 4.79 Å². The number of ether oxygens (including phenoxy) is 2. The van der Waals surface area contributed by atoms with E-state index in [2.05, 4.69) is 15.5 Å². The predicted octanol–water partition coefficient (Wildman–Crippen LogP) is 2.62. The lowest BCUT2D eigenvalue weighted by Gasteiger charge is -2.11. The van der Waals surface area contributed by atoms with Crippen LogP contribution in [0.1, 0.15) is 23.4 Å². The molecule has 0 radical (unpaired) electrons. The molecule has 2 aromatic rings. The number of aryl methyl sites for hydroxylation is 2. The molecule has 2 N–H and O–H groups in total. The number of carbonyl (C=O) groups excluding carboxylic acids is 1. The van der Waals surface area contributed by atoms with Gasteiger partial charge in [-0.3, -0.25) is 9.89 Å². The molecule has 22 heavy (non-hydrogen) atoms. The number of hydrogen-bond acceptors (Lipinski definition) is 4. The molecular formula is C16H21N3O3. The maximum Gasteiger partial charge on any atom is 0.224 e. The Bertz CT molecular complexity index is 645. The monoisotopic (exact) mass is 303 g/mol. The molecule has 0 fully saturated rings. The SMILES string of the molecule is COc1ccc(NC(=O)CCc2c(C)n[nH]c2C)c(OC)c1. The molecule has 0 saturated carbocycles. The largest absolute Gasteiger partial charge is 0.497 e. The second-order valence-electron chi connectivity index (χ2n) is 5.03. The van der Waals surface area contributed by atoms with E-state index in [1.165, 1.54) is 0 Å². The van der Waals surface area contributed by atoms with E-state index < -0.39 is 0 Å². The van der Waals surface area contributed by atoms with Crippen molar-refractivity contribution >= 4 is 11.6 Å². The lowest BCUT2D eigenvalue weighted by atomic mass is 10.1. The summed E-state index contributed by atoms with van der Waals surface area (Å²) in [5.41, 5.74) is 3.67. The summed E-state index contributed by atoms with van der Waals surface area (Å²) < 4.78 is 10.4. The van der Waals surface area contributed by atoms with Crippen molar-refractivity contribution < 1.29 is 14.3 Å². The second-order valence-corrected chi connectivity index (χ2v) is 5.03. The molecule has 118 valence electrons. The lowest BCUT2D eigenvalue weighted by molar-refractivity contribution is -0.116. The highest BCUT2D eigenvalue weighted by Crippen LogP contribution is 2.29. The summed E-state index contributed by atoms with van der Waals surface area (Å²) in [6.07, 6.45) is 1.04. The summed E-state index contributed by atoms with van der Waals surface area (Å²) in [5.74, 6) is 1.19. The Labute approximate surface area is 129 Å². The lowest BCUT2D eigenvalue weighted by Crippen LogP contribution is -2.13. The first-order chi connectivity index (χ1) is 10.5. The van der Waals surface area contributed by atoms with Crippen molar-refractivity contribution in [2.75, 3.05) is 19.5 Å². The third kappa shape index (κ3) is 3.58. The fraction of sp³-hybridized carbons (Fsp3) is 0.375. The molecule has 1 aromatic carbocycles. The Morgan fingerprint density at radius 3 is 2.64 bits per heavy atom. The smallest absolute Gasteiger partial charge is 0.224 e. The van der Waals surface area contributed by atoms with Crippen molar-refractivity contribution in [1.82, 2.24) is 10.2 Å². The van der Waals surface area contributed by atoms with E-state index in [4.69, 9.17) is 9.47 Å². The number of rotatable bonds is 6. The summed E-state index contributed by atoms with van der Waals surface area (Å²) in [6.45, 7) is 3.89. The van der Waals surface area contributed by atoms with Gasteiger partial charge in [-0.05, 0) is 38.0 Å². The Morgan fingerprint density at radius 1 is 1.27 bits per heavy atom. The minimum Gasteiger partial charge on any atom is -0.497 e. The highest BCUT2D eigenvalue weighted by atomic mass is 16.5. The third-order valence-electron chi connectivity index (χ3n) is 3.57. The molecule has 1 aromatic heterocycles. The first kappa shape index (κ1) is 15.9. The van der Waals surface area contributed by atoms with Crippen LogP contribution in [0.25, 0.3) is 0 Å². The van der Waals surface area contributed by atoms with Crippen molar-refractivity contribution in [3.05, 3.63) is 35.2 Å². The van der Waals surface area contributed by atoms with Crippen LogP contribution in [0, 0.1) is 13.8 Å². The van der Waals surface area contributed by atoms with Gasteiger partial charge in [0.05, 0.1) is 25.6 Å². The number of amides is 1. The van der Waals surface area contributed by atoms with Crippen LogP contribution in [0.4, 0.5) is 5.69 Å². The number of benzene rings is 1. The van der Waals surface area contributed by atoms with Crippen molar-refractivity contribution in [2.24, 2.45) is 0 Å². The minimum absolute atomic E-state index is 0.0662. The predicted molar refractivity (Wildman–Crippen MR) is 84.6 cm³/mol. The number of methoxy groups -OCH3 is 2. The fourth-order valence-corrected chi connectivity index (χ4v) is 2.30. The molecule has 2 rings (SSSR count). The van der Waals surface area contributed by atoms with Crippen LogP contribution in [-0.2, 0) is 11.2 Å². The zero-order valence-electron chi connectivity index (χ0n) is 13.3. The first-order valence-corrected chi connectivity index (χ1v) is 7.07. The van der Waals surface area contributed by atoms with E-state index >= 15 is 0 Å². The first-order valence-electron chi connectivity index (χ1n) is 7.07. The number of anilines is 1. The van der Waals surface area contributed by atoms with E-state index in [1.54, 1.807) is 32.4 Å². The van der Waals surface area contributed by atoms with Gasteiger partial charge < -0.3 is 14.8 Å². The highest BCUT2D eigenvalue weighted by Gasteiger charge is 2.12. The molecular weight excluding hydrogens is 282 g/mol. The van der Waals surface area contributed by atoms with E-state index in [0.717, 1.165) is 17.0 Å². The summed E-state index contributed by atoms with van der Waals surface area (Å²) >= 11 is 0. The van der Waals surface area contributed by atoms with Crippen molar-refractivity contribution in [3.8, 4) is 11.5 Å². The Kier molecular flexibility index (Phi) is 5.04. The van der Waals surface area contributed by atoms with Gasteiger partial charge in [0, 0.05) is 18.2 Å². The zero-order chi connectivity index (χ0) is 16.1. The molecule has 0 aliphatic carbocycles. The number of hydrogen-bond donors (Lipinski definition) is 2. The molecule has 0 aliphatic rings. The molecule has 0 atom stereocenters. The average molecular weight is 303 g/mol. The fourth-order valence-electron chi connectivity index (χ4n) is 2.30. The van der Waals surface area contributed by atoms with Crippen LogP contribution < -0.4 is 14.8 Å². The standard InChI is InChI=1S/C16H21N3O3/c1-10-13(11(2)19-18-10)6-8-16(20)17-14-7-5-12(21-3)9-15(14)22-4/h5,7,9H,6,8H2,1-4H3,(H,17,20)(H,18,19). The second kappa shape index (κ2) is 6.98. The normalized spacial score (nSPS) is 10.4. The van der Waals surface area contributed by atoms with Crippen LogP contribution in [-0.4, -0.2) is 30.3 Å². The summed E-state index contributed by atoms with van der Waals surface area (Å²) in [5, 5.41) is 9.92. The van der Waals surface area contributed by atoms with Crippen LogP contribution in [0.3, 0.4) is 0 Å². The summed E-state index contributed by atoms with van der Waals surface area (Å²) in [4.78, 5) is 12.1. The van der Waals surface area contributed by atoms with Gasteiger partial charge in [-0.2, -0.15) is 5.10 Å². The molecule has 0 saturated heterocycles. The van der Waals surface area contributed by atoms with Crippen LogP contribution in [0.5, 0.6) is 11.5 Å². The highest BCUT2D eigenvalue weighted by molar-refractivity contribution is 5.92. The Morgan fingerprint density at radius 2 is 2.05 bits per heavy atom. The van der Waals surface area contributed by atoms with Crippen LogP contribution in [0.2, 0.25) is 0 Å². The molecule has 0 spiro atoms. The molecule has 1 heterocycles. The van der Waals surface area contributed by atoms with Gasteiger partial charge >= 0.3 is 0 Å². The average Bonchev–Trinajstić information content (AvgIpc) is 2.84. The topological polar surface area (TPSA) is 76.2 Å². The van der Waals surface area contributed by atoms with Crippen LogP contribution in [0.15, 0.2) is 18.2 Å². The number of aromatic amines is 1. The van der Waals surface area contributed by atoms with Crippen molar-refractivity contribution in [3.63, 3.8) is 0 Å².